The van der Waals surface area contributed by atoms with Crippen molar-refractivity contribution in [1.82, 2.24) is 20.2 Å². The molecule has 8 heteroatoms. The van der Waals surface area contributed by atoms with E-state index in [2.05, 4.69) is 44.5 Å². The van der Waals surface area contributed by atoms with E-state index < -0.39 is 0 Å². The van der Waals surface area contributed by atoms with Gasteiger partial charge in [-0.15, -0.1) is 0 Å². The van der Waals surface area contributed by atoms with Crippen molar-refractivity contribution >= 4 is 40.1 Å². The van der Waals surface area contributed by atoms with Gasteiger partial charge in [0, 0.05) is 31.2 Å². The lowest BCUT2D eigenvalue weighted by Crippen LogP contribution is -2.44. The predicted octanol–water partition coefficient (Wildman–Crippen LogP) is 5.94. The Kier molecular flexibility index (Phi) is 6.95. The van der Waals surface area contributed by atoms with Gasteiger partial charge in [0.1, 0.15) is 11.6 Å². The minimum Gasteiger partial charge on any atom is -0.496 e. The summed E-state index contributed by atoms with van der Waals surface area (Å²) in [7, 11) is 1.58. The van der Waals surface area contributed by atoms with E-state index in [1.54, 1.807) is 31.4 Å². The highest BCUT2D eigenvalue weighted by Crippen LogP contribution is 2.33. The summed E-state index contributed by atoms with van der Waals surface area (Å²) < 4.78 is 5.60. The summed E-state index contributed by atoms with van der Waals surface area (Å²) in [5.74, 6) is 1.08. The zero-order valence-corrected chi connectivity index (χ0v) is 20.9. The summed E-state index contributed by atoms with van der Waals surface area (Å²) in [5, 5.41) is 4.09. The van der Waals surface area contributed by atoms with Crippen molar-refractivity contribution in [3.8, 4) is 17.1 Å². The lowest BCUT2D eigenvalue weighted by Gasteiger charge is -2.32. The molecule has 1 saturated heterocycles. The van der Waals surface area contributed by atoms with Crippen LogP contribution in [-0.2, 0) is 6.54 Å². The monoisotopic (exact) mass is 508 g/mol. The molecule has 3 aromatic carbocycles. The highest BCUT2D eigenvalue weighted by Gasteiger charge is 2.22. The maximum atomic E-state index is 13.0. The van der Waals surface area contributed by atoms with E-state index in [0.717, 1.165) is 43.6 Å². The normalized spacial score (nSPS) is 14.8. The van der Waals surface area contributed by atoms with Crippen molar-refractivity contribution in [3.63, 3.8) is 0 Å². The molecule has 0 unspecified atom stereocenters. The number of aromatic nitrogens is 2. The molecule has 0 aliphatic carbocycles. The Bertz CT molecular complexity index is 1310. The average Bonchev–Trinajstić information content (AvgIpc) is 3.28. The van der Waals surface area contributed by atoms with E-state index in [0.29, 0.717) is 32.7 Å². The number of carbonyl (C=O) groups is 1. The molecule has 0 radical (unpaired) electrons. The molecule has 2 heterocycles. The van der Waals surface area contributed by atoms with Crippen molar-refractivity contribution in [2.24, 2.45) is 0 Å². The average molecular weight is 509 g/mol. The van der Waals surface area contributed by atoms with Crippen LogP contribution >= 0.6 is 23.2 Å². The number of hydrogen-bond donors (Lipinski definition) is 2. The number of methoxy groups -OCH3 is 1. The van der Waals surface area contributed by atoms with E-state index in [9.17, 15) is 4.79 Å². The second-order valence-corrected chi connectivity index (χ2v) is 9.61. The van der Waals surface area contributed by atoms with Gasteiger partial charge in [-0.2, -0.15) is 0 Å². The van der Waals surface area contributed by atoms with Gasteiger partial charge in [-0.05, 0) is 48.7 Å². The molecule has 5 rings (SSSR count). The fraction of sp³-hybridized carbons (Fsp3) is 0.259. The number of imidazole rings is 1. The Hall–Kier alpha value is -3.06. The molecule has 35 heavy (non-hydrogen) atoms. The van der Waals surface area contributed by atoms with E-state index in [1.165, 1.54) is 5.56 Å². The summed E-state index contributed by atoms with van der Waals surface area (Å²) in [5.41, 5.74) is 4.10. The predicted molar refractivity (Wildman–Crippen MR) is 140 cm³/mol. The Morgan fingerprint density at radius 1 is 1.09 bits per heavy atom. The number of fused-ring (bicyclic) bond motifs is 1. The molecule has 4 aromatic rings. The highest BCUT2D eigenvalue weighted by atomic mass is 35.5. The SMILES string of the molecule is COc1cc(C(=O)NC2CCN(Cc3ccccc3)CC2)ccc1-c1nc2cc(Cl)c(Cl)cc2[nH]1. The van der Waals surface area contributed by atoms with Gasteiger partial charge in [-0.3, -0.25) is 9.69 Å². The smallest absolute Gasteiger partial charge is 0.251 e. The molecule has 1 aromatic heterocycles. The number of hydrogen-bond acceptors (Lipinski definition) is 4. The lowest BCUT2D eigenvalue weighted by atomic mass is 10.0. The quantitative estimate of drug-likeness (QED) is 0.338. The van der Waals surface area contributed by atoms with Crippen LogP contribution in [0.3, 0.4) is 0 Å². The van der Waals surface area contributed by atoms with Crippen LogP contribution < -0.4 is 10.1 Å². The van der Waals surface area contributed by atoms with Gasteiger partial charge in [-0.1, -0.05) is 53.5 Å². The molecule has 0 bridgehead atoms. The van der Waals surface area contributed by atoms with E-state index >= 15 is 0 Å². The number of benzene rings is 3. The topological polar surface area (TPSA) is 70.2 Å². The number of halogens is 2. The molecular formula is C27H26Cl2N4O2. The van der Waals surface area contributed by atoms with Gasteiger partial charge in [-0.25, -0.2) is 4.98 Å². The molecule has 6 nitrogen and oxygen atoms in total. The molecular weight excluding hydrogens is 483 g/mol. The van der Waals surface area contributed by atoms with Gasteiger partial charge in [0.05, 0.1) is 33.8 Å². The number of ether oxygens (including phenoxy) is 1. The first-order chi connectivity index (χ1) is 17.0. The minimum absolute atomic E-state index is 0.0977. The van der Waals surface area contributed by atoms with Crippen LogP contribution in [0.25, 0.3) is 22.4 Å². The molecule has 0 atom stereocenters. The standard InChI is InChI=1S/C27H26Cl2N4O2/c1-35-25-13-18(7-8-20(25)26-31-23-14-21(28)22(29)15-24(23)32-26)27(34)30-19-9-11-33(12-10-19)16-17-5-3-2-4-6-17/h2-8,13-15,19H,9-12,16H2,1H3,(H,30,34)(H,31,32). The van der Waals surface area contributed by atoms with Gasteiger partial charge >= 0.3 is 0 Å². The Morgan fingerprint density at radius 2 is 1.83 bits per heavy atom. The number of aromatic amines is 1. The van der Waals surface area contributed by atoms with Gasteiger partial charge in [0.15, 0.2) is 0 Å². The van der Waals surface area contributed by atoms with Crippen LogP contribution in [0.2, 0.25) is 10.0 Å². The summed E-state index contributed by atoms with van der Waals surface area (Å²) in [6.07, 6.45) is 1.86. The molecule has 0 spiro atoms. The molecule has 1 aliphatic heterocycles. The van der Waals surface area contributed by atoms with Gasteiger partial charge < -0.3 is 15.0 Å². The molecule has 2 N–H and O–H groups in total. The lowest BCUT2D eigenvalue weighted by molar-refractivity contribution is 0.0908. The van der Waals surface area contributed by atoms with E-state index in [4.69, 9.17) is 27.9 Å². The van der Waals surface area contributed by atoms with Crippen LogP contribution in [0.5, 0.6) is 5.75 Å². The van der Waals surface area contributed by atoms with E-state index in [1.807, 2.05) is 12.1 Å². The number of amides is 1. The second-order valence-electron chi connectivity index (χ2n) is 8.79. The van der Waals surface area contributed by atoms with Crippen molar-refractivity contribution in [3.05, 3.63) is 81.8 Å². The fourth-order valence-corrected chi connectivity index (χ4v) is 4.83. The van der Waals surface area contributed by atoms with Crippen molar-refractivity contribution < 1.29 is 9.53 Å². The van der Waals surface area contributed by atoms with Crippen molar-refractivity contribution in [1.29, 1.82) is 0 Å². The first kappa shape index (κ1) is 23.7. The third-order valence-corrected chi connectivity index (χ3v) is 7.14. The molecule has 1 fully saturated rings. The zero-order valence-electron chi connectivity index (χ0n) is 19.4. The molecule has 180 valence electrons. The minimum atomic E-state index is -0.0977. The Morgan fingerprint density at radius 3 is 2.57 bits per heavy atom. The molecule has 1 amide bonds. The summed E-state index contributed by atoms with van der Waals surface area (Å²) in [6, 6.07) is 19.5. The van der Waals surface area contributed by atoms with Crippen LogP contribution in [0, 0.1) is 0 Å². The fourth-order valence-electron chi connectivity index (χ4n) is 4.51. The third kappa shape index (κ3) is 5.30. The Balaban J connectivity index is 1.25. The number of piperidine rings is 1. The number of likely N-dealkylation sites (tertiary alicyclic amines) is 1. The zero-order chi connectivity index (χ0) is 24.4. The first-order valence-electron chi connectivity index (χ1n) is 11.6. The summed E-state index contributed by atoms with van der Waals surface area (Å²) in [6.45, 7) is 2.87. The summed E-state index contributed by atoms with van der Waals surface area (Å²) >= 11 is 12.3. The maximum Gasteiger partial charge on any atom is 0.251 e. The van der Waals surface area contributed by atoms with Gasteiger partial charge in [0.25, 0.3) is 5.91 Å². The number of nitrogens with zero attached hydrogens (tertiary/aromatic N) is 2. The van der Waals surface area contributed by atoms with Crippen molar-refractivity contribution in [2.45, 2.75) is 25.4 Å². The number of nitrogens with one attached hydrogen (secondary N) is 2. The van der Waals surface area contributed by atoms with Crippen molar-refractivity contribution in [2.75, 3.05) is 20.2 Å². The van der Waals surface area contributed by atoms with E-state index in [-0.39, 0.29) is 11.9 Å². The molecule has 0 saturated carbocycles. The van der Waals surface area contributed by atoms with Crippen LogP contribution in [0.15, 0.2) is 60.7 Å². The summed E-state index contributed by atoms with van der Waals surface area (Å²) in [4.78, 5) is 23.3. The second kappa shape index (κ2) is 10.3. The first-order valence-corrected chi connectivity index (χ1v) is 12.4. The van der Waals surface area contributed by atoms with Crippen LogP contribution in [0.4, 0.5) is 0 Å². The maximum absolute atomic E-state index is 13.0. The number of rotatable bonds is 6. The number of carbonyl (C=O) groups excluding carboxylic acids is 1. The van der Waals surface area contributed by atoms with Crippen LogP contribution in [0.1, 0.15) is 28.8 Å². The van der Waals surface area contributed by atoms with Gasteiger partial charge in [0.2, 0.25) is 0 Å². The largest absolute Gasteiger partial charge is 0.496 e. The highest BCUT2D eigenvalue weighted by molar-refractivity contribution is 6.42. The van der Waals surface area contributed by atoms with Crippen LogP contribution in [-0.4, -0.2) is 47.0 Å². The molecule has 1 aliphatic rings. The Labute approximate surface area is 214 Å². The third-order valence-electron chi connectivity index (χ3n) is 6.41. The number of H-pyrrole nitrogens is 1.